The summed E-state index contributed by atoms with van der Waals surface area (Å²) in [7, 11) is 0. The van der Waals surface area contributed by atoms with E-state index in [4.69, 9.17) is 4.74 Å². The Morgan fingerprint density at radius 3 is 2.39 bits per heavy atom. The fourth-order valence-electron chi connectivity index (χ4n) is 3.46. The van der Waals surface area contributed by atoms with Crippen molar-refractivity contribution in [2.75, 3.05) is 6.26 Å². The van der Waals surface area contributed by atoms with Gasteiger partial charge < -0.3 is 10.1 Å². The van der Waals surface area contributed by atoms with Gasteiger partial charge in [-0.25, -0.2) is 9.97 Å². The van der Waals surface area contributed by atoms with Gasteiger partial charge in [0.05, 0.1) is 6.07 Å². The van der Waals surface area contributed by atoms with E-state index in [-0.39, 0.29) is 6.42 Å². The third-order valence-electron chi connectivity index (χ3n) is 5.12. The SMILES string of the molecule is CSc1nc(C)c(CCC(=O)O[C@H](C)C(=O)NC2(C#N)CCCCC2)c(C)n1. The van der Waals surface area contributed by atoms with Crippen LogP contribution in [0.25, 0.3) is 0 Å². The highest BCUT2D eigenvalue weighted by Crippen LogP contribution is 2.27. The van der Waals surface area contributed by atoms with Crippen molar-refractivity contribution < 1.29 is 14.3 Å². The lowest BCUT2D eigenvalue weighted by Crippen LogP contribution is -2.52. The third-order valence-corrected chi connectivity index (χ3v) is 5.67. The number of amides is 1. The van der Waals surface area contributed by atoms with Crippen molar-refractivity contribution >= 4 is 23.6 Å². The molecule has 0 aromatic carbocycles. The van der Waals surface area contributed by atoms with Gasteiger partial charge in [0.2, 0.25) is 0 Å². The zero-order valence-corrected chi connectivity index (χ0v) is 17.8. The summed E-state index contributed by atoms with van der Waals surface area (Å²) < 4.78 is 5.28. The second-order valence-electron chi connectivity index (χ2n) is 7.24. The van der Waals surface area contributed by atoms with Gasteiger partial charge in [0.25, 0.3) is 5.91 Å². The van der Waals surface area contributed by atoms with Crippen LogP contribution in [0, 0.1) is 25.2 Å². The van der Waals surface area contributed by atoms with Gasteiger partial charge in [0.1, 0.15) is 5.54 Å². The van der Waals surface area contributed by atoms with Crippen LogP contribution < -0.4 is 5.32 Å². The van der Waals surface area contributed by atoms with E-state index in [1.807, 2.05) is 20.1 Å². The molecule has 152 valence electrons. The van der Waals surface area contributed by atoms with Gasteiger partial charge in [-0.1, -0.05) is 31.0 Å². The van der Waals surface area contributed by atoms with E-state index in [2.05, 4.69) is 21.4 Å². The maximum absolute atomic E-state index is 12.4. The van der Waals surface area contributed by atoms with Crippen LogP contribution in [0.15, 0.2) is 5.16 Å². The lowest BCUT2D eigenvalue weighted by atomic mass is 9.83. The van der Waals surface area contributed by atoms with E-state index >= 15 is 0 Å². The van der Waals surface area contributed by atoms with Crippen LogP contribution >= 0.6 is 11.8 Å². The summed E-state index contributed by atoms with van der Waals surface area (Å²) in [5.41, 5.74) is 1.80. The molecule has 0 bridgehead atoms. The highest BCUT2D eigenvalue weighted by Gasteiger charge is 2.35. The van der Waals surface area contributed by atoms with E-state index in [1.165, 1.54) is 18.7 Å². The quantitative estimate of drug-likeness (QED) is 0.423. The van der Waals surface area contributed by atoms with Gasteiger partial charge in [-0.2, -0.15) is 5.26 Å². The second-order valence-corrected chi connectivity index (χ2v) is 8.01. The Labute approximate surface area is 170 Å². The topological polar surface area (TPSA) is 105 Å². The number of esters is 1. The molecule has 1 amide bonds. The standard InChI is InChI=1S/C20H28N4O3S/c1-13-16(14(2)23-19(22-13)28-4)8-9-17(25)27-15(3)18(26)24-20(12-21)10-6-5-7-11-20/h15H,5-11H2,1-4H3,(H,24,26)/t15-/m1/s1. The van der Waals surface area contributed by atoms with E-state index in [1.54, 1.807) is 0 Å². The number of hydrogen-bond acceptors (Lipinski definition) is 7. The lowest BCUT2D eigenvalue weighted by molar-refractivity contribution is -0.155. The summed E-state index contributed by atoms with van der Waals surface area (Å²) in [6, 6.07) is 2.24. The number of nitrogens with zero attached hydrogens (tertiary/aromatic N) is 3. The second kappa shape index (κ2) is 9.87. The van der Waals surface area contributed by atoms with Crippen molar-refractivity contribution in [3.8, 4) is 6.07 Å². The zero-order valence-electron chi connectivity index (χ0n) is 17.0. The van der Waals surface area contributed by atoms with Crippen molar-refractivity contribution in [1.82, 2.24) is 15.3 Å². The van der Waals surface area contributed by atoms with E-state index in [9.17, 15) is 14.9 Å². The van der Waals surface area contributed by atoms with Crippen molar-refractivity contribution in [3.63, 3.8) is 0 Å². The first kappa shape index (κ1) is 22.2. The zero-order chi connectivity index (χ0) is 20.7. The Hall–Kier alpha value is -2.14. The monoisotopic (exact) mass is 404 g/mol. The number of aryl methyl sites for hydroxylation is 2. The fourth-order valence-corrected chi connectivity index (χ4v) is 3.91. The van der Waals surface area contributed by atoms with Crippen LogP contribution in [0.2, 0.25) is 0 Å². The average Bonchev–Trinajstić information content (AvgIpc) is 2.67. The molecule has 2 rings (SSSR count). The third kappa shape index (κ3) is 5.68. The Balaban J connectivity index is 1.89. The van der Waals surface area contributed by atoms with Crippen molar-refractivity contribution in [1.29, 1.82) is 5.26 Å². The molecule has 1 saturated carbocycles. The van der Waals surface area contributed by atoms with Gasteiger partial charge in [-0.05, 0) is 51.9 Å². The molecule has 0 radical (unpaired) electrons. The van der Waals surface area contributed by atoms with Gasteiger partial charge in [0.15, 0.2) is 11.3 Å². The first-order chi connectivity index (χ1) is 13.3. The smallest absolute Gasteiger partial charge is 0.306 e. The van der Waals surface area contributed by atoms with Crippen LogP contribution in [-0.2, 0) is 20.7 Å². The molecule has 1 atom stereocenters. The fraction of sp³-hybridized carbons (Fsp3) is 0.650. The summed E-state index contributed by atoms with van der Waals surface area (Å²) in [6.07, 6.45) is 5.77. The summed E-state index contributed by atoms with van der Waals surface area (Å²) in [4.78, 5) is 33.4. The van der Waals surface area contributed by atoms with Crippen LogP contribution in [0.5, 0.6) is 0 Å². The molecule has 8 heteroatoms. The minimum atomic E-state index is -0.933. The molecule has 1 aliphatic rings. The molecule has 1 N–H and O–H groups in total. The molecule has 1 aromatic rings. The first-order valence-electron chi connectivity index (χ1n) is 9.61. The summed E-state index contributed by atoms with van der Waals surface area (Å²) in [5, 5.41) is 13.0. The normalized spacial score (nSPS) is 16.7. The summed E-state index contributed by atoms with van der Waals surface area (Å²) in [6.45, 7) is 5.33. The van der Waals surface area contributed by atoms with E-state index in [0.717, 1.165) is 36.2 Å². The molecular weight excluding hydrogens is 376 g/mol. The number of nitriles is 1. The molecule has 0 unspecified atom stereocenters. The van der Waals surface area contributed by atoms with Gasteiger partial charge in [-0.3, -0.25) is 9.59 Å². The molecule has 1 aromatic heterocycles. The number of ether oxygens (including phenoxy) is 1. The molecule has 1 fully saturated rings. The van der Waals surface area contributed by atoms with Gasteiger partial charge in [0, 0.05) is 17.8 Å². The van der Waals surface area contributed by atoms with Crippen molar-refractivity contribution in [3.05, 3.63) is 17.0 Å². The molecule has 0 aliphatic heterocycles. The maximum atomic E-state index is 12.4. The van der Waals surface area contributed by atoms with Gasteiger partial charge >= 0.3 is 5.97 Å². The average molecular weight is 405 g/mol. The minimum absolute atomic E-state index is 0.144. The largest absolute Gasteiger partial charge is 0.453 e. The predicted molar refractivity (Wildman–Crippen MR) is 107 cm³/mol. The lowest BCUT2D eigenvalue weighted by Gasteiger charge is -2.32. The van der Waals surface area contributed by atoms with E-state index in [0.29, 0.717) is 24.4 Å². The number of nitrogens with one attached hydrogen (secondary N) is 1. The number of aromatic nitrogens is 2. The Morgan fingerprint density at radius 1 is 1.25 bits per heavy atom. The van der Waals surface area contributed by atoms with Crippen LogP contribution in [0.3, 0.4) is 0 Å². The molecule has 7 nitrogen and oxygen atoms in total. The van der Waals surface area contributed by atoms with Crippen molar-refractivity contribution in [2.24, 2.45) is 0 Å². The highest BCUT2D eigenvalue weighted by molar-refractivity contribution is 7.98. The molecule has 28 heavy (non-hydrogen) atoms. The Morgan fingerprint density at radius 2 is 1.86 bits per heavy atom. The Kier molecular flexibility index (Phi) is 7.81. The Bertz CT molecular complexity index is 746. The number of rotatable bonds is 7. The first-order valence-corrected chi connectivity index (χ1v) is 10.8. The van der Waals surface area contributed by atoms with Crippen LogP contribution in [0.4, 0.5) is 0 Å². The highest BCUT2D eigenvalue weighted by atomic mass is 32.2. The van der Waals surface area contributed by atoms with Crippen LogP contribution in [-0.4, -0.2) is 39.7 Å². The number of carbonyl (C=O) groups excluding carboxylic acids is 2. The predicted octanol–water partition coefficient (Wildman–Crippen LogP) is 3.02. The number of carbonyl (C=O) groups is 2. The summed E-state index contributed by atoms with van der Waals surface area (Å²) in [5.74, 6) is -0.873. The number of hydrogen-bond donors (Lipinski definition) is 1. The molecule has 0 saturated heterocycles. The molecule has 0 spiro atoms. The van der Waals surface area contributed by atoms with Gasteiger partial charge in [-0.15, -0.1) is 0 Å². The van der Waals surface area contributed by atoms with Crippen molar-refractivity contribution in [2.45, 2.75) is 82.5 Å². The molecular formula is C20H28N4O3S. The number of thioether (sulfide) groups is 1. The van der Waals surface area contributed by atoms with Crippen LogP contribution in [0.1, 0.15) is 62.4 Å². The molecule has 1 heterocycles. The molecule has 1 aliphatic carbocycles. The van der Waals surface area contributed by atoms with E-state index < -0.39 is 23.5 Å². The minimum Gasteiger partial charge on any atom is -0.453 e. The maximum Gasteiger partial charge on any atom is 0.306 e. The summed E-state index contributed by atoms with van der Waals surface area (Å²) >= 11 is 1.48.